The molecule has 3 rings (SSSR count). The van der Waals surface area contributed by atoms with Crippen LogP contribution in [-0.4, -0.2) is 48.5 Å². The van der Waals surface area contributed by atoms with Crippen LogP contribution in [0.2, 0.25) is 5.02 Å². The quantitative estimate of drug-likeness (QED) is 0.396. The van der Waals surface area contributed by atoms with Gasteiger partial charge in [-0.15, -0.1) is 0 Å². The summed E-state index contributed by atoms with van der Waals surface area (Å²) in [6.45, 7) is 13.5. The number of halogens is 1. The predicted octanol–water partition coefficient (Wildman–Crippen LogP) is 4.64. The molecule has 0 unspecified atom stereocenters. The van der Waals surface area contributed by atoms with E-state index in [2.05, 4.69) is 36.1 Å². The van der Waals surface area contributed by atoms with Crippen LogP contribution in [0.5, 0.6) is 0 Å². The van der Waals surface area contributed by atoms with Crippen LogP contribution < -0.4 is 10.2 Å². The molecule has 1 aliphatic rings. The largest absolute Gasteiger partial charge is 0.355 e. The summed E-state index contributed by atoms with van der Waals surface area (Å²) in [4.78, 5) is 31.1. The number of nitrogens with zero attached hydrogens (tertiary/aromatic N) is 4. The fourth-order valence-electron chi connectivity index (χ4n) is 3.96. The second-order valence-electron chi connectivity index (χ2n) is 9.00. The maximum atomic E-state index is 13.3. The number of rotatable bonds is 10. The van der Waals surface area contributed by atoms with Gasteiger partial charge in [0.2, 0.25) is 5.91 Å². The predicted molar refractivity (Wildman–Crippen MR) is 135 cm³/mol. The lowest BCUT2D eigenvalue weighted by Crippen LogP contribution is -2.48. The molecule has 0 bridgehead atoms. The average molecular weight is 482 g/mol. The molecule has 0 spiro atoms. The lowest BCUT2D eigenvalue weighted by molar-refractivity contribution is -0.145. The number of nitrogens with one attached hydrogen (secondary N) is 1. The number of hydrazine groups is 1. The lowest BCUT2D eigenvalue weighted by Gasteiger charge is -2.31. The minimum Gasteiger partial charge on any atom is -0.355 e. The van der Waals surface area contributed by atoms with E-state index < -0.39 is 0 Å². The number of fused-ring (bicyclic) bond motifs is 1. The van der Waals surface area contributed by atoms with Crippen molar-refractivity contribution >= 4 is 34.8 Å². The monoisotopic (exact) mass is 481 g/mol. The molecular formula is C26H32ClN5O2. The molecule has 0 saturated heterocycles. The Morgan fingerprint density at radius 1 is 1.15 bits per heavy atom. The Labute approximate surface area is 207 Å². The SMILES string of the molecule is [C-]#[N+]c1ccc(Cl)c(N(CC(=O)NCCCC(C)C)CC(=O)N(C)N2Cc3ccccc3C2)c1. The average Bonchev–Trinajstić information content (AvgIpc) is 3.25. The van der Waals surface area contributed by atoms with Crippen molar-refractivity contribution in [2.45, 2.75) is 39.8 Å². The third kappa shape index (κ3) is 6.72. The van der Waals surface area contributed by atoms with Crippen molar-refractivity contribution in [3.63, 3.8) is 0 Å². The first-order valence-corrected chi connectivity index (χ1v) is 11.9. The molecule has 0 aromatic heterocycles. The highest BCUT2D eigenvalue weighted by Crippen LogP contribution is 2.31. The number of hydrogen-bond acceptors (Lipinski definition) is 4. The van der Waals surface area contributed by atoms with Gasteiger partial charge in [0.25, 0.3) is 5.91 Å². The van der Waals surface area contributed by atoms with Gasteiger partial charge in [-0.2, -0.15) is 0 Å². The smallest absolute Gasteiger partial charge is 0.256 e. The fourth-order valence-corrected chi connectivity index (χ4v) is 4.19. The first-order chi connectivity index (χ1) is 16.3. The van der Waals surface area contributed by atoms with Gasteiger partial charge in [-0.1, -0.05) is 61.8 Å². The number of hydrogen-bond donors (Lipinski definition) is 1. The molecule has 0 fully saturated rings. The van der Waals surface area contributed by atoms with E-state index in [-0.39, 0.29) is 24.9 Å². The summed E-state index contributed by atoms with van der Waals surface area (Å²) in [6.07, 6.45) is 1.93. The number of amides is 2. The van der Waals surface area contributed by atoms with Crippen molar-refractivity contribution in [2.75, 3.05) is 31.6 Å². The Morgan fingerprint density at radius 3 is 2.44 bits per heavy atom. The molecule has 1 aliphatic heterocycles. The number of anilines is 1. The van der Waals surface area contributed by atoms with Gasteiger partial charge in [0.1, 0.15) is 0 Å². The maximum absolute atomic E-state index is 13.3. The molecule has 2 amide bonds. The van der Waals surface area contributed by atoms with Crippen LogP contribution in [0.4, 0.5) is 11.4 Å². The van der Waals surface area contributed by atoms with E-state index in [0.29, 0.717) is 41.9 Å². The standard InChI is InChI=1S/C26H32ClN5O2/c1-19(2)8-7-13-29-25(33)17-31(24-14-22(28-3)11-12-23(24)27)18-26(34)30(4)32-15-20-9-5-6-10-21(20)16-32/h5-6,9-12,14,19H,7-8,13,15-18H2,1-2,4H3,(H,29,33). The number of benzene rings is 2. The summed E-state index contributed by atoms with van der Waals surface area (Å²) >= 11 is 6.43. The Bertz CT molecular complexity index is 1040. The molecule has 0 saturated carbocycles. The molecule has 0 atom stereocenters. The van der Waals surface area contributed by atoms with Gasteiger partial charge in [0.15, 0.2) is 5.69 Å². The van der Waals surface area contributed by atoms with Gasteiger partial charge in [0, 0.05) is 32.4 Å². The summed E-state index contributed by atoms with van der Waals surface area (Å²) in [5, 5.41) is 6.92. The molecule has 7 nitrogen and oxygen atoms in total. The lowest BCUT2D eigenvalue weighted by atomic mass is 10.1. The van der Waals surface area contributed by atoms with E-state index in [1.54, 1.807) is 35.2 Å². The molecule has 0 radical (unpaired) electrons. The van der Waals surface area contributed by atoms with Crippen LogP contribution >= 0.6 is 11.6 Å². The van der Waals surface area contributed by atoms with Crippen molar-refractivity contribution in [2.24, 2.45) is 5.92 Å². The highest BCUT2D eigenvalue weighted by molar-refractivity contribution is 6.33. The molecule has 1 N–H and O–H groups in total. The van der Waals surface area contributed by atoms with Gasteiger partial charge >= 0.3 is 0 Å². The highest BCUT2D eigenvalue weighted by atomic mass is 35.5. The Morgan fingerprint density at radius 2 is 1.82 bits per heavy atom. The van der Waals surface area contributed by atoms with E-state index in [4.69, 9.17) is 18.2 Å². The van der Waals surface area contributed by atoms with Crippen LogP contribution in [0.1, 0.15) is 37.8 Å². The van der Waals surface area contributed by atoms with E-state index in [1.165, 1.54) is 11.1 Å². The van der Waals surface area contributed by atoms with Crippen LogP contribution in [0.15, 0.2) is 42.5 Å². The van der Waals surface area contributed by atoms with Crippen LogP contribution in [0.3, 0.4) is 0 Å². The van der Waals surface area contributed by atoms with Gasteiger partial charge in [0.05, 0.1) is 24.7 Å². The minimum atomic E-state index is -0.183. The number of likely N-dealkylation sites (N-methyl/N-ethyl adjacent to an activating group) is 1. The van der Waals surface area contributed by atoms with Crippen LogP contribution in [0.25, 0.3) is 4.85 Å². The molecule has 2 aromatic carbocycles. The molecule has 180 valence electrons. The second kappa shape index (κ2) is 11.9. The van der Waals surface area contributed by atoms with E-state index in [1.807, 2.05) is 17.1 Å². The molecule has 8 heteroatoms. The Kier molecular flexibility index (Phi) is 8.91. The number of carbonyl (C=O) groups excluding carboxylic acids is 2. The van der Waals surface area contributed by atoms with Gasteiger partial charge < -0.3 is 10.2 Å². The minimum absolute atomic E-state index is 0.0251. The van der Waals surface area contributed by atoms with Gasteiger partial charge in [-0.3, -0.25) is 14.6 Å². The van der Waals surface area contributed by atoms with Crippen molar-refractivity contribution in [1.29, 1.82) is 0 Å². The third-order valence-electron chi connectivity index (χ3n) is 5.95. The summed E-state index contributed by atoms with van der Waals surface area (Å²) in [6, 6.07) is 13.0. The molecule has 2 aromatic rings. The Balaban J connectivity index is 1.71. The zero-order chi connectivity index (χ0) is 24.7. The number of carbonyl (C=O) groups is 2. The van der Waals surface area contributed by atoms with E-state index in [9.17, 15) is 9.59 Å². The summed E-state index contributed by atoms with van der Waals surface area (Å²) < 4.78 is 0. The topological polar surface area (TPSA) is 60.3 Å². The Hall–Kier alpha value is -3.08. The zero-order valence-corrected chi connectivity index (χ0v) is 20.8. The van der Waals surface area contributed by atoms with Crippen LogP contribution in [0, 0.1) is 12.5 Å². The summed E-state index contributed by atoms with van der Waals surface area (Å²) in [5.41, 5.74) is 3.30. The zero-order valence-electron chi connectivity index (χ0n) is 20.1. The molecular weight excluding hydrogens is 450 g/mol. The van der Waals surface area contributed by atoms with Crippen molar-refractivity contribution < 1.29 is 9.59 Å². The van der Waals surface area contributed by atoms with Crippen molar-refractivity contribution in [3.05, 3.63) is 70.0 Å². The highest BCUT2D eigenvalue weighted by Gasteiger charge is 2.27. The molecule has 34 heavy (non-hydrogen) atoms. The first-order valence-electron chi connectivity index (χ1n) is 11.5. The van der Waals surface area contributed by atoms with Crippen molar-refractivity contribution in [3.8, 4) is 0 Å². The van der Waals surface area contributed by atoms with Gasteiger partial charge in [-0.25, -0.2) is 9.85 Å². The summed E-state index contributed by atoms with van der Waals surface area (Å²) in [7, 11) is 1.75. The normalized spacial score (nSPS) is 12.8. The first kappa shape index (κ1) is 25.5. The fraction of sp³-hybridized carbons (Fsp3) is 0.423. The van der Waals surface area contributed by atoms with Crippen LogP contribution in [-0.2, 0) is 22.7 Å². The summed E-state index contributed by atoms with van der Waals surface area (Å²) in [5.74, 6) is 0.232. The van der Waals surface area contributed by atoms with Crippen molar-refractivity contribution in [1.82, 2.24) is 15.3 Å². The van der Waals surface area contributed by atoms with E-state index in [0.717, 1.165) is 12.8 Å². The second-order valence-corrected chi connectivity index (χ2v) is 9.41. The molecule has 0 aliphatic carbocycles. The maximum Gasteiger partial charge on any atom is 0.256 e. The third-order valence-corrected chi connectivity index (χ3v) is 6.27. The van der Waals surface area contributed by atoms with Gasteiger partial charge in [-0.05, 0) is 36.0 Å². The van der Waals surface area contributed by atoms with E-state index >= 15 is 0 Å². The molecule has 1 heterocycles.